The minimum Gasteiger partial charge on any atom is -0.398 e. The maximum atomic E-state index is 5.92. The lowest BCUT2D eigenvalue weighted by Crippen LogP contribution is -1.91. The van der Waals surface area contributed by atoms with Gasteiger partial charge in [0.25, 0.3) is 0 Å². The van der Waals surface area contributed by atoms with Crippen molar-refractivity contribution < 1.29 is 0 Å². The van der Waals surface area contributed by atoms with Crippen molar-refractivity contribution in [3.63, 3.8) is 0 Å². The van der Waals surface area contributed by atoms with Crippen molar-refractivity contribution in [1.82, 2.24) is 14.3 Å². The first-order valence-electron chi connectivity index (χ1n) is 5.10. The molecule has 2 aromatic heterocycles. The third kappa shape index (κ3) is 1.20. The van der Waals surface area contributed by atoms with Gasteiger partial charge in [-0.2, -0.15) is 5.10 Å². The average molecular weight is 212 g/mol. The maximum Gasteiger partial charge on any atom is 0.0838 e. The number of anilines is 1. The van der Waals surface area contributed by atoms with Crippen molar-refractivity contribution in [2.45, 2.75) is 0 Å². The molecule has 0 fully saturated rings. The fourth-order valence-corrected chi connectivity index (χ4v) is 1.95. The van der Waals surface area contributed by atoms with E-state index in [9.17, 15) is 0 Å². The zero-order valence-electron chi connectivity index (χ0n) is 8.96. The molecule has 0 unspecified atom stereocenters. The first-order valence-corrected chi connectivity index (χ1v) is 5.10. The Hall–Kier alpha value is -2.23. The van der Waals surface area contributed by atoms with Crippen LogP contribution in [0.1, 0.15) is 0 Å². The molecule has 0 radical (unpaired) electrons. The molecule has 0 saturated carbocycles. The van der Waals surface area contributed by atoms with Crippen LogP contribution in [0.15, 0.2) is 42.9 Å². The molecule has 16 heavy (non-hydrogen) atoms. The van der Waals surface area contributed by atoms with Crippen LogP contribution in [-0.4, -0.2) is 14.3 Å². The van der Waals surface area contributed by atoms with Crippen LogP contribution in [0.5, 0.6) is 0 Å². The molecule has 3 rings (SSSR count). The number of hydrogen-bond acceptors (Lipinski definition) is 2. The Labute approximate surface area is 92.9 Å². The van der Waals surface area contributed by atoms with Gasteiger partial charge in [-0.15, -0.1) is 0 Å². The highest BCUT2D eigenvalue weighted by molar-refractivity contribution is 5.92. The van der Waals surface area contributed by atoms with E-state index < -0.39 is 0 Å². The Kier molecular flexibility index (Phi) is 1.77. The van der Waals surface area contributed by atoms with Crippen LogP contribution in [0.2, 0.25) is 0 Å². The zero-order valence-corrected chi connectivity index (χ0v) is 8.96. The third-order valence-electron chi connectivity index (χ3n) is 2.74. The lowest BCUT2D eigenvalue weighted by molar-refractivity contribution is 0.767. The lowest BCUT2D eigenvalue weighted by Gasteiger charge is -2.01. The fraction of sp³-hybridized carbons (Fsp3) is 0.0833. The second-order valence-corrected chi connectivity index (χ2v) is 3.84. The number of nitrogens with zero attached hydrogens (tertiary/aromatic N) is 3. The minimum atomic E-state index is 0.806. The molecule has 2 N–H and O–H groups in total. The van der Waals surface area contributed by atoms with Gasteiger partial charge >= 0.3 is 0 Å². The molecule has 0 aliphatic rings. The Balaban J connectivity index is 2.29. The molecule has 0 amide bonds. The summed E-state index contributed by atoms with van der Waals surface area (Å²) >= 11 is 0. The van der Waals surface area contributed by atoms with E-state index in [2.05, 4.69) is 15.7 Å². The van der Waals surface area contributed by atoms with Gasteiger partial charge in [-0.05, 0) is 18.2 Å². The van der Waals surface area contributed by atoms with Crippen molar-refractivity contribution in [2.75, 3.05) is 5.73 Å². The van der Waals surface area contributed by atoms with Crippen LogP contribution in [0.25, 0.3) is 16.6 Å². The smallest absolute Gasteiger partial charge is 0.0838 e. The first kappa shape index (κ1) is 9.03. The summed E-state index contributed by atoms with van der Waals surface area (Å²) in [7, 11) is 1.91. The van der Waals surface area contributed by atoms with Crippen molar-refractivity contribution >= 4 is 16.6 Å². The maximum absolute atomic E-state index is 5.92. The van der Waals surface area contributed by atoms with Gasteiger partial charge in [-0.25, -0.2) is 0 Å². The molecular weight excluding hydrogens is 200 g/mol. The molecule has 80 valence electrons. The topological polar surface area (TPSA) is 48.8 Å². The fourth-order valence-electron chi connectivity index (χ4n) is 1.95. The molecule has 1 aromatic carbocycles. The Morgan fingerprint density at radius 3 is 2.88 bits per heavy atom. The number of aromatic nitrogens is 3. The quantitative estimate of drug-likeness (QED) is 0.627. The van der Waals surface area contributed by atoms with Crippen molar-refractivity contribution in [3.05, 3.63) is 42.9 Å². The summed E-state index contributed by atoms with van der Waals surface area (Å²) in [6.07, 6.45) is 5.82. The number of rotatable bonds is 1. The predicted octanol–water partition coefficient (Wildman–Crippen LogP) is 1.95. The third-order valence-corrected chi connectivity index (χ3v) is 2.74. The molecule has 2 heterocycles. The van der Waals surface area contributed by atoms with E-state index in [1.54, 1.807) is 4.68 Å². The normalized spacial score (nSPS) is 11.1. The first-order chi connectivity index (χ1) is 7.75. The van der Waals surface area contributed by atoms with Gasteiger partial charge in [0.15, 0.2) is 0 Å². The Morgan fingerprint density at radius 2 is 2.12 bits per heavy atom. The van der Waals surface area contributed by atoms with Crippen molar-refractivity contribution in [3.8, 4) is 5.69 Å². The lowest BCUT2D eigenvalue weighted by atomic mass is 10.2. The minimum absolute atomic E-state index is 0.806. The van der Waals surface area contributed by atoms with E-state index in [0.29, 0.717) is 0 Å². The molecule has 4 heteroatoms. The molecule has 0 aliphatic heterocycles. The van der Waals surface area contributed by atoms with E-state index >= 15 is 0 Å². The van der Waals surface area contributed by atoms with Gasteiger partial charge < -0.3 is 10.3 Å². The van der Waals surface area contributed by atoms with Crippen molar-refractivity contribution in [1.29, 1.82) is 0 Å². The molecule has 0 bridgehead atoms. The number of benzene rings is 1. The standard InChI is InChI=1S/C12H12N4/c1-15-8-9(7-14-15)16-6-5-10-11(13)3-2-4-12(10)16/h2-8H,13H2,1H3. The summed E-state index contributed by atoms with van der Waals surface area (Å²) in [5, 5.41) is 5.24. The predicted molar refractivity (Wildman–Crippen MR) is 64.5 cm³/mol. The van der Waals surface area contributed by atoms with Crippen LogP contribution < -0.4 is 5.73 Å². The monoisotopic (exact) mass is 212 g/mol. The summed E-state index contributed by atoms with van der Waals surface area (Å²) in [4.78, 5) is 0. The molecule has 0 aliphatic carbocycles. The van der Waals surface area contributed by atoms with Crippen LogP contribution in [0.3, 0.4) is 0 Å². The zero-order chi connectivity index (χ0) is 11.1. The van der Waals surface area contributed by atoms with Crippen LogP contribution >= 0.6 is 0 Å². The van der Waals surface area contributed by atoms with E-state index in [1.165, 1.54) is 0 Å². The summed E-state index contributed by atoms with van der Waals surface area (Å²) in [5.74, 6) is 0. The average Bonchev–Trinajstić information content (AvgIpc) is 2.84. The summed E-state index contributed by atoms with van der Waals surface area (Å²) in [6.45, 7) is 0. The number of hydrogen-bond donors (Lipinski definition) is 1. The van der Waals surface area contributed by atoms with Crippen molar-refractivity contribution in [2.24, 2.45) is 7.05 Å². The Morgan fingerprint density at radius 1 is 1.25 bits per heavy atom. The Bertz CT molecular complexity index is 648. The number of fused-ring (bicyclic) bond motifs is 1. The summed E-state index contributed by atoms with van der Waals surface area (Å²) in [6, 6.07) is 7.96. The largest absolute Gasteiger partial charge is 0.398 e. The second-order valence-electron chi connectivity index (χ2n) is 3.84. The van der Waals surface area contributed by atoms with E-state index in [4.69, 9.17) is 5.73 Å². The highest BCUT2D eigenvalue weighted by Crippen LogP contribution is 2.24. The number of nitrogens with two attached hydrogens (primary N) is 1. The number of nitrogen functional groups attached to an aromatic ring is 1. The highest BCUT2D eigenvalue weighted by Gasteiger charge is 2.05. The van der Waals surface area contributed by atoms with Crippen LogP contribution in [-0.2, 0) is 7.05 Å². The van der Waals surface area contributed by atoms with Gasteiger partial charge in [-0.1, -0.05) is 6.07 Å². The SMILES string of the molecule is Cn1cc(-n2ccc3c(N)cccc32)cn1. The molecule has 0 saturated heterocycles. The summed E-state index contributed by atoms with van der Waals surface area (Å²) in [5.41, 5.74) is 8.87. The molecule has 4 nitrogen and oxygen atoms in total. The van der Waals surface area contributed by atoms with Gasteiger partial charge in [-0.3, -0.25) is 4.68 Å². The van der Waals surface area contributed by atoms with E-state index in [0.717, 1.165) is 22.3 Å². The molecule has 3 aromatic rings. The van der Waals surface area contributed by atoms with Crippen LogP contribution in [0, 0.1) is 0 Å². The highest BCUT2D eigenvalue weighted by atomic mass is 15.3. The van der Waals surface area contributed by atoms with Gasteiger partial charge in [0.2, 0.25) is 0 Å². The second kappa shape index (κ2) is 3.13. The summed E-state index contributed by atoms with van der Waals surface area (Å²) < 4.78 is 3.87. The molecular formula is C12H12N4. The van der Waals surface area contributed by atoms with Gasteiger partial charge in [0.1, 0.15) is 0 Å². The number of aryl methyl sites for hydroxylation is 1. The van der Waals surface area contributed by atoms with E-state index in [1.807, 2.05) is 43.8 Å². The van der Waals surface area contributed by atoms with E-state index in [-0.39, 0.29) is 0 Å². The van der Waals surface area contributed by atoms with Gasteiger partial charge in [0, 0.05) is 30.5 Å². The van der Waals surface area contributed by atoms with Gasteiger partial charge in [0.05, 0.1) is 17.4 Å². The molecule has 0 atom stereocenters. The van der Waals surface area contributed by atoms with Crippen LogP contribution in [0.4, 0.5) is 5.69 Å². The molecule has 0 spiro atoms.